The molecule has 0 saturated carbocycles. The minimum Gasteiger partial charge on any atom is -0.444 e. The van der Waals surface area contributed by atoms with Gasteiger partial charge in [-0.05, 0) is 12.1 Å². The first-order valence-electron chi connectivity index (χ1n) is 6.46. The Morgan fingerprint density at radius 2 is 1.67 bits per heavy atom. The monoisotopic (exact) mass is 284 g/mol. The van der Waals surface area contributed by atoms with E-state index in [0.717, 1.165) is 0 Å². The lowest BCUT2D eigenvalue weighted by molar-refractivity contribution is -0.138. The van der Waals surface area contributed by atoms with Crippen molar-refractivity contribution in [3.8, 4) is 0 Å². The van der Waals surface area contributed by atoms with Gasteiger partial charge in [-0.1, -0.05) is 30.3 Å². The summed E-state index contributed by atoms with van der Waals surface area (Å²) in [6, 6.07) is 12.0. The van der Waals surface area contributed by atoms with Crippen LogP contribution in [0.25, 0.3) is 0 Å². The van der Waals surface area contributed by atoms with Crippen LogP contribution in [0.15, 0.2) is 54.9 Å². The molecule has 0 aliphatic heterocycles. The van der Waals surface area contributed by atoms with E-state index in [9.17, 15) is 9.59 Å². The van der Waals surface area contributed by atoms with E-state index >= 15 is 0 Å². The fourth-order valence-corrected chi connectivity index (χ4v) is 1.79. The van der Waals surface area contributed by atoms with Crippen molar-refractivity contribution in [3.63, 3.8) is 0 Å². The number of esters is 1. The molecule has 0 spiro atoms. The minimum atomic E-state index is -0.957. The molecule has 0 saturated heterocycles. The topological polar surface area (TPSA) is 59.5 Å². The molecule has 0 fully saturated rings. The maximum absolute atomic E-state index is 12.2. The minimum absolute atomic E-state index is 0.288. The van der Waals surface area contributed by atoms with Crippen LogP contribution in [0.3, 0.4) is 0 Å². The molecular weight excluding hydrogens is 268 g/mol. The Kier molecular flexibility index (Phi) is 4.66. The van der Waals surface area contributed by atoms with Crippen molar-refractivity contribution < 1.29 is 14.3 Å². The Labute approximate surface area is 123 Å². The molecule has 0 radical (unpaired) electrons. The van der Waals surface area contributed by atoms with Crippen molar-refractivity contribution in [2.75, 3.05) is 14.1 Å². The van der Waals surface area contributed by atoms with Gasteiger partial charge in [0.25, 0.3) is 5.91 Å². The molecule has 2 aromatic rings. The summed E-state index contributed by atoms with van der Waals surface area (Å²) < 4.78 is 5.39. The number of amides is 1. The highest BCUT2D eigenvalue weighted by Crippen LogP contribution is 2.21. The summed E-state index contributed by atoms with van der Waals surface area (Å²) in [6.07, 6.45) is 2.05. The van der Waals surface area contributed by atoms with Crippen LogP contribution >= 0.6 is 0 Å². The molecule has 0 unspecified atom stereocenters. The van der Waals surface area contributed by atoms with E-state index in [1.165, 1.54) is 17.3 Å². The van der Waals surface area contributed by atoms with Crippen molar-refractivity contribution in [2.45, 2.75) is 6.10 Å². The Bertz CT molecular complexity index is 612. The van der Waals surface area contributed by atoms with Gasteiger partial charge in [-0.2, -0.15) is 0 Å². The molecule has 21 heavy (non-hydrogen) atoms. The third kappa shape index (κ3) is 3.66. The maximum Gasteiger partial charge on any atom is 0.339 e. The maximum atomic E-state index is 12.2. The zero-order valence-electron chi connectivity index (χ0n) is 11.9. The quantitative estimate of drug-likeness (QED) is 0.806. The largest absolute Gasteiger partial charge is 0.444 e. The predicted molar refractivity (Wildman–Crippen MR) is 77.5 cm³/mol. The number of pyridine rings is 1. The van der Waals surface area contributed by atoms with Gasteiger partial charge >= 0.3 is 5.97 Å². The van der Waals surface area contributed by atoms with Crippen LogP contribution in [0, 0.1) is 0 Å². The van der Waals surface area contributed by atoms with E-state index in [0.29, 0.717) is 11.1 Å². The Morgan fingerprint density at radius 1 is 1.05 bits per heavy atom. The van der Waals surface area contributed by atoms with Crippen LogP contribution < -0.4 is 0 Å². The van der Waals surface area contributed by atoms with Gasteiger partial charge in [0.05, 0.1) is 5.56 Å². The van der Waals surface area contributed by atoms with Gasteiger partial charge in [0, 0.05) is 32.1 Å². The van der Waals surface area contributed by atoms with Crippen molar-refractivity contribution in [1.29, 1.82) is 0 Å². The van der Waals surface area contributed by atoms with Gasteiger partial charge in [0.2, 0.25) is 6.10 Å². The number of carbonyl (C=O) groups excluding carboxylic acids is 2. The number of aromatic nitrogens is 1. The summed E-state index contributed by atoms with van der Waals surface area (Å²) in [6.45, 7) is 0. The van der Waals surface area contributed by atoms with Crippen LogP contribution in [0.5, 0.6) is 0 Å². The second-order valence-corrected chi connectivity index (χ2v) is 4.66. The average Bonchev–Trinajstić information content (AvgIpc) is 2.53. The first kappa shape index (κ1) is 14.7. The van der Waals surface area contributed by atoms with Gasteiger partial charge in [-0.3, -0.25) is 9.78 Å². The molecular formula is C16H16N2O3. The second kappa shape index (κ2) is 6.65. The van der Waals surface area contributed by atoms with Crippen molar-refractivity contribution in [1.82, 2.24) is 9.88 Å². The lowest BCUT2D eigenvalue weighted by Gasteiger charge is -2.21. The highest BCUT2D eigenvalue weighted by atomic mass is 16.5. The summed E-state index contributed by atoms with van der Waals surface area (Å²) in [5, 5.41) is 0. The molecule has 0 aliphatic carbocycles. The van der Waals surface area contributed by atoms with Crippen LogP contribution in [-0.2, 0) is 9.53 Å². The molecule has 0 aliphatic rings. The summed E-state index contributed by atoms with van der Waals surface area (Å²) >= 11 is 0. The standard InChI is InChI=1S/C16H16N2O3/c1-18(2)15(19)14(12-6-4-3-5-7-12)21-16(20)13-8-10-17-11-9-13/h3-11,14H,1-2H3/t14-/m1/s1. The van der Waals surface area contributed by atoms with Crippen LogP contribution in [-0.4, -0.2) is 35.9 Å². The summed E-state index contributed by atoms with van der Waals surface area (Å²) in [5.41, 5.74) is 0.996. The van der Waals surface area contributed by atoms with Crippen molar-refractivity contribution in [3.05, 3.63) is 66.0 Å². The molecule has 0 bridgehead atoms. The van der Waals surface area contributed by atoms with E-state index in [2.05, 4.69) is 4.98 Å². The highest BCUT2D eigenvalue weighted by Gasteiger charge is 2.26. The highest BCUT2D eigenvalue weighted by molar-refractivity contribution is 5.92. The molecule has 108 valence electrons. The number of carbonyl (C=O) groups is 2. The van der Waals surface area contributed by atoms with E-state index in [1.807, 2.05) is 6.07 Å². The predicted octanol–water partition coefficient (Wildman–Crippen LogP) is 2.07. The molecule has 1 aromatic heterocycles. The number of rotatable bonds is 4. The number of nitrogens with zero attached hydrogens (tertiary/aromatic N) is 2. The normalized spacial score (nSPS) is 11.5. The molecule has 0 N–H and O–H groups in total. The Balaban J connectivity index is 2.25. The fraction of sp³-hybridized carbons (Fsp3) is 0.188. The summed E-state index contributed by atoms with van der Waals surface area (Å²) in [4.78, 5) is 29.6. The SMILES string of the molecule is CN(C)C(=O)[C@H](OC(=O)c1ccncc1)c1ccccc1. The third-order valence-corrected chi connectivity index (χ3v) is 2.91. The van der Waals surface area contributed by atoms with Gasteiger partial charge < -0.3 is 9.64 Å². The lowest BCUT2D eigenvalue weighted by atomic mass is 10.1. The number of benzene rings is 1. The fourth-order valence-electron chi connectivity index (χ4n) is 1.79. The lowest BCUT2D eigenvalue weighted by Crippen LogP contribution is -2.31. The molecule has 2 rings (SSSR count). The molecule has 1 aromatic carbocycles. The second-order valence-electron chi connectivity index (χ2n) is 4.66. The molecule has 5 heteroatoms. The van der Waals surface area contributed by atoms with Crippen molar-refractivity contribution in [2.24, 2.45) is 0 Å². The van der Waals surface area contributed by atoms with Gasteiger partial charge in [-0.15, -0.1) is 0 Å². The van der Waals surface area contributed by atoms with Crippen LogP contribution in [0.2, 0.25) is 0 Å². The van der Waals surface area contributed by atoms with Gasteiger partial charge in [0.15, 0.2) is 0 Å². The summed E-state index contributed by atoms with van der Waals surface area (Å²) in [5.74, 6) is -0.843. The third-order valence-electron chi connectivity index (χ3n) is 2.91. The van der Waals surface area contributed by atoms with E-state index in [4.69, 9.17) is 4.74 Å². The molecule has 5 nitrogen and oxygen atoms in total. The zero-order chi connectivity index (χ0) is 15.2. The number of hydrogen-bond acceptors (Lipinski definition) is 4. The Hall–Kier alpha value is -2.69. The molecule has 1 amide bonds. The number of likely N-dealkylation sites (N-methyl/N-ethyl adjacent to an activating group) is 1. The Morgan fingerprint density at radius 3 is 2.24 bits per heavy atom. The van der Waals surface area contributed by atoms with Crippen molar-refractivity contribution >= 4 is 11.9 Å². The van der Waals surface area contributed by atoms with E-state index < -0.39 is 12.1 Å². The van der Waals surface area contributed by atoms with Gasteiger partial charge in [0.1, 0.15) is 0 Å². The first-order valence-corrected chi connectivity index (χ1v) is 6.46. The molecule has 1 atom stereocenters. The average molecular weight is 284 g/mol. The van der Waals surface area contributed by atoms with Gasteiger partial charge in [-0.25, -0.2) is 4.79 Å². The summed E-state index contributed by atoms with van der Waals surface area (Å²) in [7, 11) is 3.25. The number of hydrogen-bond donors (Lipinski definition) is 0. The molecule has 1 heterocycles. The van der Waals surface area contributed by atoms with E-state index in [1.54, 1.807) is 50.5 Å². The van der Waals surface area contributed by atoms with Crippen LogP contribution in [0.1, 0.15) is 22.0 Å². The van der Waals surface area contributed by atoms with E-state index in [-0.39, 0.29) is 5.91 Å². The smallest absolute Gasteiger partial charge is 0.339 e. The zero-order valence-corrected chi connectivity index (χ0v) is 11.9. The number of ether oxygens (including phenoxy) is 1. The van der Waals surface area contributed by atoms with Crippen LogP contribution in [0.4, 0.5) is 0 Å². The first-order chi connectivity index (χ1) is 10.1.